The number of benzene rings is 1. The molecule has 1 aromatic rings. The normalized spacial score (nSPS) is 25.9. The van der Waals surface area contributed by atoms with Gasteiger partial charge in [-0.1, -0.05) is 43.2 Å². The number of amides is 3. The molecule has 0 aromatic heterocycles. The molecule has 0 bridgehead atoms. The number of carbonyl (C=O) groups excluding carboxylic acids is 3. The summed E-state index contributed by atoms with van der Waals surface area (Å²) in [7, 11) is 0. The van der Waals surface area contributed by atoms with Gasteiger partial charge in [0.25, 0.3) is 0 Å². The maximum atomic E-state index is 12.7. The number of carbonyl (C=O) groups is 3. The zero-order valence-corrected chi connectivity index (χ0v) is 17.0. The molecule has 4 rings (SSSR count). The minimum atomic E-state index is -0.147. The quantitative estimate of drug-likeness (QED) is 0.718. The van der Waals surface area contributed by atoms with E-state index in [1.54, 1.807) is 0 Å². The van der Waals surface area contributed by atoms with Gasteiger partial charge < -0.3 is 10.2 Å². The second-order valence-electron chi connectivity index (χ2n) is 8.61. The number of fused-ring (bicyclic) bond motifs is 1. The lowest BCUT2D eigenvalue weighted by molar-refractivity contribution is -0.140. The van der Waals surface area contributed by atoms with Crippen LogP contribution in [0.1, 0.15) is 56.6 Å². The van der Waals surface area contributed by atoms with Crippen LogP contribution in [0.5, 0.6) is 0 Å². The molecule has 6 nitrogen and oxygen atoms in total. The van der Waals surface area contributed by atoms with Gasteiger partial charge in [-0.25, -0.2) is 0 Å². The monoisotopic (exact) mass is 397 g/mol. The van der Waals surface area contributed by atoms with Crippen molar-refractivity contribution in [3.8, 4) is 0 Å². The third-order valence-corrected chi connectivity index (χ3v) is 6.67. The molecule has 1 aromatic carbocycles. The van der Waals surface area contributed by atoms with E-state index in [0.29, 0.717) is 0 Å². The van der Waals surface area contributed by atoms with Crippen LogP contribution >= 0.6 is 0 Å². The topological polar surface area (TPSA) is 69.7 Å². The minimum absolute atomic E-state index is 0.0656. The Labute approximate surface area is 172 Å². The summed E-state index contributed by atoms with van der Waals surface area (Å²) < 4.78 is 0. The van der Waals surface area contributed by atoms with Crippen LogP contribution in [0.2, 0.25) is 0 Å². The molecule has 3 aliphatic rings. The molecule has 3 unspecified atom stereocenters. The molecule has 3 fully saturated rings. The maximum absolute atomic E-state index is 12.7. The third-order valence-electron chi connectivity index (χ3n) is 6.67. The third kappa shape index (κ3) is 4.53. The molecular weight excluding hydrogens is 366 g/mol. The molecule has 1 N–H and O–H groups in total. The molecule has 1 saturated carbocycles. The summed E-state index contributed by atoms with van der Waals surface area (Å²) in [4.78, 5) is 41.6. The number of hydrogen-bond acceptors (Lipinski definition) is 4. The highest BCUT2D eigenvalue weighted by atomic mass is 16.2. The first-order valence-corrected chi connectivity index (χ1v) is 11.1. The summed E-state index contributed by atoms with van der Waals surface area (Å²) in [5.41, 5.74) is 1.09. The first-order valence-electron chi connectivity index (χ1n) is 11.1. The van der Waals surface area contributed by atoms with Gasteiger partial charge in [0.15, 0.2) is 0 Å². The van der Waals surface area contributed by atoms with Crippen molar-refractivity contribution in [3.05, 3.63) is 35.9 Å². The zero-order valence-electron chi connectivity index (χ0n) is 17.0. The van der Waals surface area contributed by atoms with Crippen LogP contribution in [0.15, 0.2) is 30.3 Å². The van der Waals surface area contributed by atoms with Gasteiger partial charge in [-0.05, 0) is 44.3 Å². The van der Waals surface area contributed by atoms with E-state index >= 15 is 0 Å². The standard InChI is InChI=1S/C23H31N3O3/c27-21(12-15-26-22(28)18-10-4-5-11-19(18)23(26)29)24-20(16-25-13-6-7-14-25)17-8-2-1-3-9-17/h1-3,8-9,18-20H,4-7,10-16H2,(H,24,27). The zero-order chi connectivity index (χ0) is 20.2. The molecule has 156 valence electrons. The van der Waals surface area contributed by atoms with E-state index in [1.807, 2.05) is 30.3 Å². The summed E-state index contributed by atoms with van der Waals surface area (Å²) in [5, 5.41) is 3.15. The number of rotatable bonds is 7. The highest BCUT2D eigenvalue weighted by molar-refractivity contribution is 6.05. The van der Waals surface area contributed by atoms with Crippen molar-refractivity contribution in [1.82, 2.24) is 15.1 Å². The van der Waals surface area contributed by atoms with Crippen molar-refractivity contribution in [3.63, 3.8) is 0 Å². The molecule has 2 aliphatic heterocycles. The second-order valence-corrected chi connectivity index (χ2v) is 8.61. The van der Waals surface area contributed by atoms with Crippen LogP contribution in [0.4, 0.5) is 0 Å². The fourth-order valence-corrected chi connectivity index (χ4v) is 5.07. The average Bonchev–Trinajstić information content (AvgIpc) is 3.34. The number of nitrogens with one attached hydrogen (secondary N) is 1. The predicted octanol–water partition coefficient (Wildman–Crippen LogP) is 2.50. The highest BCUT2D eigenvalue weighted by Crippen LogP contribution is 2.38. The van der Waals surface area contributed by atoms with Gasteiger partial charge in [0.2, 0.25) is 17.7 Å². The van der Waals surface area contributed by atoms with Crippen LogP contribution in [0.3, 0.4) is 0 Å². The van der Waals surface area contributed by atoms with E-state index < -0.39 is 0 Å². The van der Waals surface area contributed by atoms with E-state index in [9.17, 15) is 14.4 Å². The Morgan fingerprint density at radius 2 is 1.59 bits per heavy atom. The smallest absolute Gasteiger partial charge is 0.233 e. The van der Waals surface area contributed by atoms with Gasteiger partial charge in [-0.15, -0.1) is 0 Å². The molecular formula is C23H31N3O3. The van der Waals surface area contributed by atoms with E-state index in [2.05, 4.69) is 10.2 Å². The molecule has 0 spiro atoms. The number of hydrogen-bond donors (Lipinski definition) is 1. The number of nitrogens with zero attached hydrogens (tertiary/aromatic N) is 2. The van der Waals surface area contributed by atoms with Gasteiger partial charge in [0.05, 0.1) is 17.9 Å². The van der Waals surface area contributed by atoms with Gasteiger partial charge in [-0.3, -0.25) is 19.3 Å². The van der Waals surface area contributed by atoms with Crippen molar-refractivity contribution in [1.29, 1.82) is 0 Å². The van der Waals surface area contributed by atoms with Crippen LogP contribution < -0.4 is 5.32 Å². The molecule has 29 heavy (non-hydrogen) atoms. The fraction of sp³-hybridized carbons (Fsp3) is 0.609. The van der Waals surface area contributed by atoms with E-state index in [0.717, 1.165) is 50.9 Å². The van der Waals surface area contributed by atoms with Gasteiger partial charge in [-0.2, -0.15) is 0 Å². The summed E-state index contributed by atoms with van der Waals surface area (Å²) in [5.74, 6) is -0.528. The highest BCUT2D eigenvalue weighted by Gasteiger charge is 2.47. The Bertz CT molecular complexity index is 721. The van der Waals surface area contributed by atoms with Gasteiger partial charge in [0.1, 0.15) is 0 Å². The van der Waals surface area contributed by atoms with Gasteiger partial charge in [0, 0.05) is 19.5 Å². The second kappa shape index (κ2) is 9.08. The summed E-state index contributed by atoms with van der Waals surface area (Å²) in [6.07, 6.45) is 6.23. The molecule has 0 radical (unpaired) electrons. The lowest BCUT2D eigenvalue weighted by Crippen LogP contribution is -2.39. The summed E-state index contributed by atoms with van der Waals surface area (Å²) in [6, 6.07) is 9.96. The first kappa shape index (κ1) is 20.1. The van der Waals surface area contributed by atoms with E-state index in [4.69, 9.17) is 0 Å². The van der Waals surface area contributed by atoms with Crippen molar-refractivity contribution < 1.29 is 14.4 Å². The molecule has 3 atom stereocenters. The fourth-order valence-electron chi connectivity index (χ4n) is 5.07. The minimum Gasteiger partial charge on any atom is -0.348 e. The van der Waals surface area contributed by atoms with E-state index in [1.165, 1.54) is 17.7 Å². The molecule has 1 aliphatic carbocycles. The van der Waals surface area contributed by atoms with Crippen molar-refractivity contribution in [2.75, 3.05) is 26.2 Å². The Kier molecular flexibility index (Phi) is 6.28. The van der Waals surface area contributed by atoms with Crippen LogP contribution in [-0.4, -0.2) is 53.7 Å². The predicted molar refractivity (Wildman–Crippen MR) is 110 cm³/mol. The molecule has 6 heteroatoms. The van der Waals surface area contributed by atoms with Crippen molar-refractivity contribution in [2.24, 2.45) is 11.8 Å². The van der Waals surface area contributed by atoms with Crippen molar-refractivity contribution >= 4 is 17.7 Å². The Morgan fingerprint density at radius 1 is 0.966 bits per heavy atom. The van der Waals surface area contributed by atoms with Gasteiger partial charge >= 0.3 is 0 Å². The lowest BCUT2D eigenvalue weighted by Gasteiger charge is -2.25. The Hall–Kier alpha value is -2.21. The largest absolute Gasteiger partial charge is 0.348 e. The molecule has 2 saturated heterocycles. The van der Waals surface area contributed by atoms with E-state index in [-0.39, 0.29) is 48.6 Å². The maximum Gasteiger partial charge on any atom is 0.233 e. The molecule has 2 heterocycles. The van der Waals surface area contributed by atoms with Crippen LogP contribution in [0.25, 0.3) is 0 Å². The Morgan fingerprint density at radius 3 is 2.21 bits per heavy atom. The first-order chi connectivity index (χ1) is 14.1. The summed E-state index contributed by atoms with van der Waals surface area (Å²) in [6.45, 7) is 3.13. The van der Waals surface area contributed by atoms with Crippen LogP contribution in [0, 0.1) is 11.8 Å². The molecule has 3 amide bonds. The van der Waals surface area contributed by atoms with Crippen molar-refractivity contribution in [2.45, 2.75) is 51.0 Å². The SMILES string of the molecule is O=C(CCN1C(=O)C2CCCCC2C1=O)NC(CN1CCCC1)c1ccccc1. The lowest BCUT2D eigenvalue weighted by atomic mass is 9.81. The number of imide groups is 1. The Balaban J connectivity index is 1.35. The van der Waals surface area contributed by atoms with Crippen LogP contribution in [-0.2, 0) is 14.4 Å². The average molecular weight is 398 g/mol. The summed E-state index contributed by atoms with van der Waals surface area (Å²) >= 11 is 0. The number of likely N-dealkylation sites (tertiary alicyclic amines) is 2.